The Morgan fingerprint density at radius 3 is 1.57 bits per heavy atom. The van der Waals surface area contributed by atoms with Crippen molar-refractivity contribution < 1.29 is 4.48 Å². The van der Waals surface area contributed by atoms with Gasteiger partial charge in [0.1, 0.15) is 0 Å². The Kier molecular flexibility index (Phi) is 14.4. The summed E-state index contributed by atoms with van der Waals surface area (Å²) < 4.78 is 1.15. The van der Waals surface area contributed by atoms with E-state index in [9.17, 15) is 0 Å². The first kappa shape index (κ1) is 25.2. The lowest BCUT2D eigenvalue weighted by Gasteiger charge is -2.37. The lowest BCUT2D eigenvalue weighted by atomic mass is 9.97. The summed E-state index contributed by atoms with van der Waals surface area (Å²) in [6.07, 6.45) is 21.3. The Hall–Kier alpha value is -0.820. The molecule has 0 aliphatic heterocycles. The van der Waals surface area contributed by atoms with Gasteiger partial charge in [-0.3, -0.25) is 0 Å². The van der Waals surface area contributed by atoms with Crippen molar-refractivity contribution in [2.75, 3.05) is 20.6 Å². The van der Waals surface area contributed by atoms with Crippen molar-refractivity contribution in [3.8, 4) is 0 Å². The lowest BCUT2D eigenvalue weighted by molar-refractivity contribution is -0.913. The lowest BCUT2D eigenvalue weighted by Crippen LogP contribution is -2.49. The van der Waals surface area contributed by atoms with Crippen LogP contribution >= 0.6 is 0 Å². The fraction of sp³-hybridized carbons (Fsp3) is 0.778. The molecule has 0 saturated carbocycles. The molecule has 1 nitrogen and oxygen atoms in total. The molecule has 0 N–H and O–H groups in total. The highest BCUT2D eigenvalue weighted by Crippen LogP contribution is 2.20. The van der Waals surface area contributed by atoms with Crippen LogP contribution in [0.3, 0.4) is 0 Å². The van der Waals surface area contributed by atoms with E-state index in [2.05, 4.69) is 58.3 Å². The van der Waals surface area contributed by atoms with Gasteiger partial charge in [0.2, 0.25) is 0 Å². The van der Waals surface area contributed by atoms with E-state index in [-0.39, 0.29) is 0 Å². The van der Waals surface area contributed by atoms with Crippen molar-refractivity contribution in [1.82, 2.24) is 0 Å². The summed E-state index contributed by atoms with van der Waals surface area (Å²) in [5.41, 5.74) is 1.50. The molecule has 1 heteroatoms. The van der Waals surface area contributed by atoms with Crippen LogP contribution in [0.1, 0.15) is 109 Å². The van der Waals surface area contributed by atoms with E-state index < -0.39 is 0 Å². The molecular weight excluding hydrogens is 338 g/mol. The molecule has 0 saturated heterocycles. The molecule has 0 aliphatic rings. The van der Waals surface area contributed by atoms with Crippen LogP contribution in [-0.4, -0.2) is 31.2 Å². The van der Waals surface area contributed by atoms with Crippen LogP contribution in [0.4, 0.5) is 0 Å². The number of rotatable bonds is 18. The third-order valence-electron chi connectivity index (χ3n) is 6.76. The van der Waals surface area contributed by atoms with Crippen molar-refractivity contribution >= 4 is 0 Å². The minimum absolute atomic E-state index is 0.750. The Labute approximate surface area is 177 Å². The van der Waals surface area contributed by atoms with Crippen LogP contribution < -0.4 is 0 Å². The number of unbranched alkanes of at least 4 members (excludes halogenated alkanes) is 12. The third-order valence-corrected chi connectivity index (χ3v) is 6.76. The SMILES string of the molecule is CCCCCCCCCCCCCCCC(Cc1ccccc1)[N+](C)(C)CC. The van der Waals surface area contributed by atoms with E-state index >= 15 is 0 Å². The van der Waals surface area contributed by atoms with E-state index in [0.717, 1.165) is 10.5 Å². The van der Waals surface area contributed by atoms with Crippen molar-refractivity contribution in [3.05, 3.63) is 35.9 Å². The Morgan fingerprint density at radius 1 is 0.643 bits per heavy atom. The first-order valence-corrected chi connectivity index (χ1v) is 12.5. The number of likely N-dealkylation sites (N-methyl/N-ethyl adjacent to an activating group) is 1. The zero-order chi connectivity index (χ0) is 20.5. The molecule has 0 aromatic heterocycles. The van der Waals surface area contributed by atoms with E-state index in [4.69, 9.17) is 0 Å². The summed E-state index contributed by atoms with van der Waals surface area (Å²) in [4.78, 5) is 0. The molecule has 1 atom stereocenters. The van der Waals surface area contributed by atoms with Crippen molar-refractivity contribution in [3.63, 3.8) is 0 Å². The van der Waals surface area contributed by atoms with Gasteiger partial charge in [-0.1, -0.05) is 114 Å². The number of benzene rings is 1. The van der Waals surface area contributed by atoms with Gasteiger partial charge >= 0.3 is 0 Å². The van der Waals surface area contributed by atoms with Crippen LogP contribution in [0.15, 0.2) is 30.3 Å². The minimum atomic E-state index is 0.750. The molecule has 162 valence electrons. The average molecular weight is 389 g/mol. The highest BCUT2D eigenvalue weighted by Gasteiger charge is 2.26. The third kappa shape index (κ3) is 11.9. The molecule has 28 heavy (non-hydrogen) atoms. The largest absolute Gasteiger partial charge is 0.326 e. The summed E-state index contributed by atoms with van der Waals surface area (Å²) in [7, 11) is 4.83. The molecule has 0 amide bonds. The number of quaternary nitrogens is 1. The van der Waals surface area contributed by atoms with Gasteiger partial charge in [0, 0.05) is 6.42 Å². The number of hydrogen-bond acceptors (Lipinski definition) is 0. The zero-order valence-electron chi connectivity index (χ0n) is 19.7. The molecule has 1 rings (SSSR count). The fourth-order valence-corrected chi connectivity index (χ4v) is 4.24. The van der Waals surface area contributed by atoms with Gasteiger partial charge in [-0.15, -0.1) is 0 Å². The number of nitrogens with zero attached hydrogens (tertiary/aromatic N) is 1. The predicted molar refractivity (Wildman–Crippen MR) is 127 cm³/mol. The van der Waals surface area contributed by atoms with Crippen molar-refractivity contribution in [2.24, 2.45) is 0 Å². The maximum Gasteiger partial charge on any atom is 0.0926 e. The van der Waals surface area contributed by atoms with Gasteiger partial charge in [-0.2, -0.15) is 0 Å². The molecule has 0 radical (unpaired) electrons. The zero-order valence-corrected chi connectivity index (χ0v) is 19.7. The summed E-state index contributed by atoms with van der Waals surface area (Å²) in [5.74, 6) is 0. The van der Waals surface area contributed by atoms with E-state index in [1.54, 1.807) is 0 Å². The molecule has 0 bridgehead atoms. The maximum atomic E-state index is 2.41. The molecule has 0 heterocycles. The molecule has 0 fully saturated rings. The van der Waals surface area contributed by atoms with Crippen LogP contribution in [0.5, 0.6) is 0 Å². The van der Waals surface area contributed by atoms with E-state index in [1.807, 2.05) is 0 Å². The quantitative estimate of drug-likeness (QED) is 0.176. The maximum absolute atomic E-state index is 2.41. The first-order chi connectivity index (χ1) is 13.6. The average Bonchev–Trinajstić information content (AvgIpc) is 2.71. The molecular formula is C27H50N+. The van der Waals surface area contributed by atoms with Gasteiger partial charge in [0.25, 0.3) is 0 Å². The summed E-state index contributed by atoms with van der Waals surface area (Å²) >= 11 is 0. The first-order valence-electron chi connectivity index (χ1n) is 12.5. The van der Waals surface area contributed by atoms with Gasteiger partial charge in [0.05, 0.1) is 26.7 Å². The van der Waals surface area contributed by atoms with Crippen LogP contribution in [0.2, 0.25) is 0 Å². The molecule has 1 aromatic carbocycles. The normalized spacial score (nSPS) is 13.0. The van der Waals surface area contributed by atoms with E-state index in [0.29, 0.717) is 0 Å². The van der Waals surface area contributed by atoms with Crippen LogP contribution in [0.25, 0.3) is 0 Å². The van der Waals surface area contributed by atoms with Gasteiger partial charge in [-0.05, 0) is 25.3 Å². The Morgan fingerprint density at radius 2 is 1.11 bits per heavy atom. The van der Waals surface area contributed by atoms with Crippen molar-refractivity contribution in [2.45, 2.75) is 116 Å². The second-order valence-corrected chi connectivity index (χ2v) is 9.47. The fourth-order valence-electron chi connectivity index (χ4n) is 4.24. The van der Waals surface area contributed by atoms with Crippen molar-refractivity contribution in [1.29, 1.82) is 0 Å². The predicted octanol–water partition coefficient (Wildman–Crippen LogP) is 8.18. The Balaban J connectivity index is 2.09. The van der Waals surface area contributed by atoms with Crippen LogP contribution in [0, 0.1) is 0 Å². The summed E-state index contributed by atoms with van der Waals surface area (Å²) in [6, 6.07) is 11.8. The molecule has 0 aliphatic carbocycles. The molecule has 0 spiro atoms. The van der Waals surface area contributed by atoms with Gasteiger partial charge in [-0.25, -0.2) is 0 Å². The topological polar surface area (TPSA) is 0 Å². The highest BCUT2D eigenvalue weighted by atomic mass is 15.3. The van der Waals surface area contributed by atoms with E-state index in [1.165, 1.54) is 108 Å². The van der Waals surface area contributed by atoms with Gasteiger partial charge in [0.15, 0.2) is 0 Å². The molecule has 1 unspecified atom stereocenters. The monoisotopic (exact) mass is 388 g/mol. The standard InChI is InChI=1S/C27H50N/c1-5-7-8-9-10-11-12-13-14-15-16-17-21-24-27(28(3,4)6-2)25-26-22-19-18-20-23-26/h18-20,22-23,27H,5-17,21,24-25H2,1-4H3/q+1. The second kappa shape index (κ2) is 16.0. The summed E-state index contributed by atoms with van der Waals surface area (Å²) in [5, 5.41) is 0. The smallest absolute Gasteiger partial charge is 0.0926 e. The van der Waals surface area contributed by atoms with Crippen LogP contribution in [-0.2, 0) is 6.42 Å². The Bertz CT molecular complexity index is 451. The summed E-state index contributed by atoms with van der Waals surface area (Å²) in [6.45, 7) is 5.85. The second-order valence-electron chi connectivity index (χ2n) is 9.47. The number of hydrogen-bond donors (Lipinski definition) is 0. The highest BCUT2D eigenvalue weighted by molar-refractivity contribution is 5.15. The minimum Gasteiger partial charge on any atom is -0.326 e. The molecule has 1 aromatic rings. The van der Waals surface area contributed by atoms with Gasteiger partial charge < -0.3 is 4.48 Å².